The van der Waals surface area contributed by atoms with Crippen LogP contribution in [-0.4, -0.2) is 51.6 Å². The van der Waals surface area contributed by atoms with Crippen LogP contribution in [0.4, 0.5) is 0 Å². The quantitative estimate of drug-likeness (QED) is 0.670. The van der Waals surface area contributed by atoms with Crippen LogP contribution in [0, 0.1) is 0 Å². The number of methoxy groups -OCH3 is 1. The van der Waals surface area contributed by atoms with Crippen LogP contribution in [0.3, 0.4) is 0 Å². The summed E-state index contributed by atoms with van der Waals surface area (Å²) in [6, 6.07) is 0. The van der Waals surface area contributed by atoms with Gasteiger partial charge in [-0.25, -0.2) is 0 Å². The zero-order valence-electron chi connectivity index (χ0n) is 10.7. The number of ether oxygens (including phenoxy) is 3. The molecule has 1 rings (SSSR count). The van der Waals surface area contributed by atoms with Crippen molar-refractivity contribution in [2.45, 2.75) is 38.4 Å². The number of carbonyl (C=O) groups is 1. The molecule has 0 amide bonds. The summed E-state index contributed by atoms with van der Waals surface area (Å²) in [5.41, 5.74) is 0. The van der Waals surface area contributed by atoms with E-state index in [1.807, 2.05) is 6.92 Å². The molecule has 0 aromatic rings. The molecule has 1 aliphatic heterocycles. The number of piperidine rings is 1. The number of esters is 1. The van der Waals surface area contributed by atoms with Gasteiger partial charge in [0.05, 0.1) is 25.7 Å². The van der Waals surface area contributed by atoms with E-state index in [1.54, 1.807) is 7.11 Å². The summed E-state index contributed by atoms with van der Waals surface area (Å²) in [4.78, 5) is 11.4. The highest BCUT2D eigenvalue weighted by atomic mass is 16.6. The molecule has 0 aromatic carbocycles. The SMILES string of the molecule is COCC(C)OC(=O)CCOC1CCNCC1. The van der Waals surface area contributed by atoms with Gasteiger partial charge in [0.2, 0.25) is 0 Å². The van der Waals surface area contributed by atoms with Crippen molar-refractivity contribution in [2.75, 3.05) is 33.4 Å². The Morgan fingerprint density at radius 2 is 2.12 bits per heavy atom. The van der Waals surface area contributed by atoms with E-state index in [9.17, 15) is 4.79 Å². The summed E-state index contributed by atoms with van der Waals surface area (Å²) in [6.45, 7) is 4.69. The fourth-order valence-electron chi connectivity index (χ4n) is 1.82. The second kappa shape index (κ2) is 8.44. The maximum atomic E-state index is 11.4. The first-order valence-electron chi connectivity index (χ1n) is 6.23. The summed E-state index contributed by atoms with van der Waals surface area (Å²) in [6.07, 6.45) is 2.47. The first-order valence-corrected chi connectivity index (χ1v) is 6.23. The van der Waals surface area contributed by atoms with E-state index in [0.717, 1.165) is 25.9 Å². The number of carbonyl (C=O) groups excluding carboxylic acids is 1. The highest BCUT2D eigenvalue weighted by Crippen LogP contribution is 2.07. The molecule has 1 aliphatic rings. The lowest BCUT2D eigenvalue weighted by Crippen LogP contribution is -2.33. The topological polar surface area (TPSA) is 56.8 Å². The van der Waals surface area contributed by atoms with Crippen LogP contribution < -0.4 is 5.32 Å². The minimum Gasteiger partial charge on any atom is -0.460 e. The van der Waals surface area contributed by atoms with Crippen molar-refractivity contribution in [1.29, 1.82) is 0 Å². The number of nitrogens with one attached hydrogen (secondary N) is 1. The number of hydrogen-bond acceptors (Lipinski definition) is 5. The van der Waals surface area contributed by atoms with Gasteiger partial charge in [0.25, 0.3) is 0 Å². The van der Waals surface area contributed by atoms with Gasteiger partial charge in [-0.3, -0.25) is 4.79 Å². The molecule has 0 aromatic heterocycles. The Hall–Kier alpha value is -0.650. The van der Waals surface area contributed by atoms with E-state index in [0.29, 0.717) is 25.7 Å². The molecule has 1 N–H and O–H groups in total. The molecule has 5 nitrogen and oxygen atoms in total. The normalized spacial score (nSPS) is 18.9. The Balaban J connectivity index is 2.03. The van der Waals surface area contributed by atoms with E-state index in [-0.39, 0.29) is 12.1 Å². The molecule has 17 heavy (non-hydrogen) atoms. The summed E-state index contributed by atoms with van der Waals surface area (Å²) in [5.74, 6) is -0.219. The maximum absolute atomic E-state index is 11.4. The first-order chi connectivity index (χ1) is 8.22. The summed E-state index contributed by atoms with van der Waals surface area (Å²) in [7, 11) is 1.59. The molecule has 1 saturated heterocycles. The third-order valence-electron chi connectivity index (χ3n) is 2.68. The van der Waals surface area contributed by atoms with Crippen molar-refractivity contribution >= 4 is 5.97 Å². The van der Waals surface area contributed by atoms with Gasteiger partial charge in [-0.05, 0) is 32.9 Å². The predicted octanol–water partition coefficient (Wildman–Crippen LogP) is 0.723. The lowest BCUT2D eigenvalue weighted by atomic mass is 10.1. The van der Waals surface area contributed by atoms with Gasteiger partial charge in [-0.2, -0.15) is 0 Å². The third-order valence-corrected chi connectivity index (χ3v) is 2.68. The Labute approximate surface area is 103 Å². The molecule has 0 aliphatic carbocycles. The van der Waals surface area contributed by atoms with Gasteiger partial charge >= 0.3 is 5.97 Å². The van der Waals surface area contributed by atoms with Crippen LogP contribution in [0.5, 0.6) is 0 Å². The molecule has 0 radical (unpaired) electrons. The Morgan fingerprint density at radius 3 is 2.76 bits per heavy atom. The Bertz CT molecular complexity index is 217. The van der Waals surface area contributed by atoms with Gasteiger partial charge in [-0.15, -0.1) is 0 Å². The second-order valence-corrected chi connectivity index (χ2v) is 4.33. The fraction of sp³-hybridized carbons (Fsp3) is 0.917. The number of rotatable bonds is 7. The molecule has 100 valence electrons. The lowest BCUT2D eigenvalue weighted by molar-refractivity contribution is -0.152. The average molecular weight is 245 g/mol. The van der Waals surface area contributed by atoms with Crippen LogP contribution in [0.25, 0.3) is 0 Å². The Morgan fingerprint density at radius 1 is 1.41 bits per heavy atom. The molecule has 0 bridgehead atoms. The lowest BCUT2D eigenvalue weighted by Gasteiger charge is -2.22. The largest absolute Gasteiger partial charge is 0.460 e. The van der Waals surface area contributed by atoms with Crippen LogP contribution in [0.1, 0.15) is 26.2 Å². The van der Waals surface area contributed by atoms with Crippen molar-refractivity contribution in [3.8, 4) is 0 Å². The van der Waals surface area contributed by atoms with Crippen molar-refractivity contribution in [1.82, 2.24) is 5.32 Å². The smallest absolute Gasteiger partial charge is 0.308 e. The molecule has 1 unspecified atom stereocenters. The van der Waals surface area contributed by atoms with Crippen LogP contribution in [0.15, 0.2) is 0 Å². The van der Waals surface area contributed by atoms with Crippen LogP contribution in [0.2, 0.25) is 0 Å². The number of hydrogen-bond donors (Lipinski definition) is 1. The zero-order chi connectivity index (χ0) is 12.5. The first kappa shape index (κ1) is 14.4. The standard InChI is InChI=1S/C12H23NO4/c1-10(9-15-2)17-12(14)5-8-16-11-3-6-13-7-4-11/h10-11,13H,3-9H2,1-2H3. The van der Waals surface area contributed by atoms with Crippen LogP contribution in [-0.2, 0) is 19.0 Å². The fourth-order valence-corrected chi connectivity index (χ4v) is 1.82. The molecular weight excluding hydrogens is 222 g/mol. The molecule has 5 heteroatoms. The van der Waals surface area contributed by atoms with E-state index < -0.39 is 0 Å². The van der Waals surface area contributed by atoms with Crippen molar-refractivity contribution in [2.24, 2.45) is 0 Å². The highest BCUT2D eigenvalue weighted by Gasteiger charge is 2.14. The predicted molar refractivity (Wildman–Crippen MR) is 63.9 cm³/mol. The van der Waals surface area contributed by atoms with E-state index in [1.165, 1.54) is 0 Å². The molecule has 1 heterocycles. The molecule has 0 saturated carbocycles. The van der Waals surface area contributed by atoms with E-state index in [4.69, 9.17) is 14.2 Å². The van der Waals surface area contributed by atoms with Gasteiger partial charge < -0.3 is 19.5 Å². The van der Waals surface area contributed by atoms with E-state index >= 15 is 0 Å². The van der Waals surface area contributed by atoms with E-state index in [2.05, 4.69) is 5.32 Å². The molecule has 1 atom stereocenters. The second-order valence-electron chi connectivity index (χ2n) is 4.33. The average Bonchev–Trinajstić information content (AvgIpc) is 2.30. The third kappa shape index (κ3) is 6.61. The molecule has 1 fully saturated rings. The van der Waals surface area contributed by atoms with Gasteiger partial charge in [0.15, 0.2) is 0 Å². The Kier molecular flexibility index (Phi) is 7.16. The van der Waals surface area contributed by atoms with Crippen molar-refractivity contribution in [3.05, 3.63) is 0 Å². The molecule has 0 spiro atoms. The zero-order valence-corrected chi connectivity index (χ0v) is 10.7. The highest BCUT2D eigenvalue weighted by molar-refractivity contribution is 5.69. The van der Waals surface area contributed by atoms with Gasteiger partial charge in [0, 0.05) is 7.11 Å². The van der Waals surface area contributed by atoms with Gasteiger partial charge in [-0.1, -0.05) is 0 Å². The van der Waals surface area contributed by atoms with Crippen molar-refractivity contribution in [3.63, 3.8) is 0 Å². The van der Waals surface area contributed by atoms with Gasteiger partial charge in [0.1, 0.15) is 6.10 Å². The minimum absolute atomic E-state index is 0.189. The molecular formula is C12H23NO4. The summed E-state index contributed by atoms with van der Waals surface area (Å²) in [5, 5.41) is 3.27. The maximum Gasteiger partial charge on any atom is 0.308 e. The summed E-state index contributed by atoms with van der Waals surface area (Å²) < 4.78 is 15.6. The summed E-state index contributed by atoms with van der Waals surface area (Å²) >= 11 is 0. The van der Waals surface area contributed by atoms with Crippen LogP contribution >= 0.6 is 0 Å². The van der Waals surface area contributed by atoms with Crippen molar-refractivity contribution < 1.29 is 19.0 Å². The minimum atomic E-state index is -0.219. The monoisotopic (exact) mass is 245 g/mol.